The second-order valence-electron chi connectivity index (χ2n) is 7.28. The van der Waals surface area contributed by atoms with Gasteiger partial charge in [-0.25, -0.2) is 0 Å². The summed E-state index contributed by atoms with van der Waals surface area (Å²) in [6, 6.07) is 16.8. The molecule has 0 aliphatic carbocycles. The highest BCUT2D eigenvalue weighted by Crippen LogP contribution is 2.38. The van der Waals surface area contributed by atoms with E-state index in [9.17, 15) is 10.1 Å². The average molecular weight is 419 g/mol. The molecule has 0 saturated carbocycles. The van der Waals surface area contributed by atoms with Gasteiger partial charge in [-0.3, -0.25) is 15.5 Å². The topological polar surface area (TPSA) is 86.0 Å². The number of nitro benzene ring substituents is 1. The summed E-state index contributed by atoms with van der Waals surface area (Å²) in [6.07, 6.45) is 1.50. The molecule has 3 aromatic carbocycles. The van der Waals surface area contributed by atoms with Crippen molar-refractivity contribution in [1.82, 2.24) is 0 Å². The highest BCUT2D eigenvalue weighted by atomic mass is 16.6. The number of aryl methyl sites for hydroxylation is 3. The van der Waals surface area contributed by atoms with Gasteiger partial charge in [0.25, 0.3) is 0 Å². The van der Waals surface area contributed by atoms with Gasteiger partial charge < -0.3 is 9.47 Å². The number of hydrogen-bond donors (Lipinski definition) is 1. The van der Waals surface area contributed by atoms with Crippen molar-refractivity contribution in [2.75, 3.05) is 12.5 Å². The molecule has 3 aromatic rings. The van der Waals surface area contributed by atoms with Crippen molar-refractivity contribution in [3.63, 3.8) is 0 Å². The summed E-state index contributed by atoms with van der Waals surface area (Å²) in [7, 11) is 1.45. The fourth-order valence-corrected chi connectivity index (χ4v) is 3.03. The molecule has 0 amide bonds. The van der Waals surface area contributed by atoms with E-state index in [0.717, 1.165) is 27.9 Å². The second-order valence-corrected chi connectivity index (χ2v) is 7.28. The Morgan fingerprint density at radius 2 is 1.74 bits per heavy atom. The van der Waals surface area contributed by atoms with Gasteiger partial charge in [-0.2, -0.15) is 5.10 Å². The van der Waals surface area contributed by atoms with Gasteiger partial charge >= 0.3 is 5.69 Å². The Balaban J connectivity index is 1.84. The van der Waals surface area contributed by atoms with Gasteiger partial charge in [0.1, 0.15) is 6.61 Å². The molecule has 7 heteroatoms. The third-order valence-corrected chi connectivity index (χ3v) is 4.81. The largest absolute Gasteiger partial charge is 0.493 e. The molecular formula is C24H25N3O4. The zero-order valence-electron chi connectivity index (χ0n) is 18.0. The lowest BCUT2D eigenvalue weighted by molar-refractivity contribution is -0.386. The summed E-state index contributed by atoms with van der Waals surface area (Å²) in [6.45, 7) is 6.17. The van der Waals surface area contributed by atoms with Gasteiger partial charge in [-0.15, -0.1) is 0 Å². The van der Waals surface area contributed by atoms with Crippen molar-refractivity contribution in [2.24, 2.45) is 5.10 Å². The van der Waals surface area contributed by atoms with Gasteiger partial charge in [-0.1, -0.05) is 41.5 Å². The number of nitrogens with one attached hydrogen (secondary N) is 1. The second kappa shape index (κ2) is 9.75. The minimum atomic E-state index is -0.480. The van der Waals surface area contributed by atoms with Crippen LogP contribution < -0.4 is 14.9 Å². The van der Waals surface area contributed by atoms with E-state index in [4.69, 9.17) is 9.47 Å². The molecule has 7 nitrogen and oxygen atoms in total. The van der Waals surface area contributed by atoms with E-state index in [1.165, 1.54) is 19.4 Å². The van der Waals surface area contributed by atoms with Crippen LogP contribution in [0.15, 0.2) is 59.7 Å². The molecule has 0 bridgehead atoms. The Morgan fingerprint density at radius 1 is 1.03 bits per heavy atom. The zero-order valence-corrected chi connectivity index (χ0v) is 18.0. The Kier molecular flexibility index (Phi) is 6.87. The number of ether oxygens (including phenoxy) is 2. The van der Waals surface area contributed by atoms with Crippen LogP contribution in [-0.4, -0.2) is 18.2 Å². The number of rotatable bonds is 8. The molecule has 0 spiro atoms. The lowest BCUT2D eigenvalue weighted by Gasteiger charge is -2.13. The number of methoxy groups -OCH3 is 1. The molecular weight excluding hydrogens is 394 g/mol. The number of nitro groups is 1. The molecule has 0 aliphatic heterocycles. The van der Waals surface area contributed by atoms with E-state index in [-0.39, 0.29) is 23.8 Å². The van der Waals surface area contributed by atoms with Gasteiger partial charge in [-0.05, 0) is 50.1 Å². The summed E-state index contributed by atoms with van der Waals surface area (Å²) >= 11 is 0. The molecule has 0 heterocycles. The average Bonchev–Trinajstić information content (AvgIpc) is 2.75. The van der Waals surface area contributed by atoms with Crippen molar-refractivity contribution in [3.05, 3.63) is 92.5 Å². The fraction of sp³-hybridized carbons (Fsp3) is 0.208. The van der Waals surface area contributed by atoms with E-state index < -0.39 is 4.92 Å². The van der Waals surface area contributed by atoms with Crippen LogP contribution in [-0.2, 0) is 6.61 Å². The predicted molar refractivity (Wildman–Crippen MR) is 122 cm³/mol. The van der Waals surface area contributed by atoms with Crippen molar-refractivity contribution < 1.29 is 14.4 Å². The monoisotopic (exact) mass is 419 g/mol. The first-order valence-electron chi connectivity index (χ1n) is 9.78. The number of benzene rings is 3. The third-order valence-electron chi connectivity index (χ3n) is 4.81. The van der Waals surface area contributed by atoms with Crippen LogP contribution >= 0.6 is 0 Å². The minimum absolute atomic E-state index is 0.0945. The van der Waals surface area contributed by atoms with Crippen LogP contribution in [0.3, 0.4) is 0 Å². The zero-order chi connectivity index (χ0) is 22.4. The van der Waals surface area contributed by atoms with E-state index in [2.05, 4.69) is 10.5 Å². The number of nitrogens with zero attached hydrogens (tertiary/aromatic N) is 2. The Morgan fingerprint density at radius 3 is 2.42 bits per heavy atom. The highest BCUT2D eigenvalue weighted by molar-refractivity contribution is 5.83. The predicted octanol–water partition coefficient (Wildman–Crippen LogP) is 5.55. The third kappa shape index (κ3) is 5.60. The molecule has 31 heavy (non-hydrogen) atoms. The molecule has 0 atom stereocenters. The van der Waals surface area contributed by atoms with Crippen molar-refractivity contribution in [1.29, 1.82) is 0 Å². The summed E-state index contributed by atoms with van der Waals surface area (Å²) < 4.78 is 11.2. The molecule has 0 aliphatic rings. The number of hydrogen-bond acceptors (Lipinski definition) is 6. The maximum absolute atomic E-state index is 11.7. The van der Waals surface area contributed by atoms with Gasteiger partial charge in [0.05, 0.1) is 23.9 Å². The minimum Gasteiger partial charge on any atom is -0.493 e. The smallest absolute Gasteiger partial charge is 0.315 e. The van der Waals surface area contributed by atoms with Crippen LogP contribution in [0.4, 0.5) is 11.4 Å². The van der Waals surface area contributed by atoms with Crippen LogP contribution in [0.2, 0.25) is 0 Å². The van der Waals surface area contributed by atoms with E-state index in [1.807, 2.05) is 63.2 Å². The Labute approximate surface area is 181 Å². The lowest BCUT2D eigenvalue weighted by Crippen LogP contribution is -2.04. The Hall–Kier alpha value is -3.87. The van der Waals surface area contributed by atoms with Crippen LogP contribution in [0.1, 0.15) is 27.8 Å². The summed E-state index contributed by atoms with van der Waals surface area (Å²) in [5, 5.41) is 15.9. The van der Waals surface area contributed by atoms with Crippen LogP contribution in [0.5, 0.6) is 11.5 Å². The first-order valence-corrected chi connectivity index (χ1v) is 9.78. The van der Waals surface area contributed by atoms with Crippen molar-refractivity contribution in [2.45, 2.75) is 27.4 Å². The maximum Gasteiger partial charge on any atom is 0.315 e. The summed E-state index contributed by atoms with van der Waals surface area (Å²) in [5.41, 5.74) is 8.32. The van der Waals surface area contributed by atoms with E-state index >= 15 is 0 Å². The van der Waals surface area contributed by atoms with Crippen molar-refractivity contribution in [3.8, 4) is 11.5 Å². The highest BCUT2D eigenvalue weighted by Gasteiger charge is 2.22. The first-order chi connectivity index (χ1) is 14.9. The fourth-order valence-electron chi connectivity index (χ4n) is 3.03. The van der Waals surface area contributed by atoms with Crippen LogP contribution in [0, 0.1) is 30.9 Å². The maximum atomic E-state index is 11.7. The first kappa shape index (κ1) is 21.8. The molecule has 0 saturated heterocycles. The Bertz CT molecular complexity index is 1110. The molecule has 0 fully saturated rings. The number of anilines is 1. The standard InChI is InChI=1S/C24H25N3O4/c1-16-6-9-21(10-7-16)26-25-14-19-12-22(27(28)29)24(23(13-19)30-4)31-15-20-11-17(2)5-8-18(20)3/h5-14,26H,15H2,1-4H3/b25-14+. The molecule has 0 aromatic heterocycles. The number of hydrazone groups is 1. The summed E-state index contributed by atoms with van der Waals surface area (Å²) in [5.74, 6) is 0.369. The normalized spacial score (nSPS) is 10.8. The lowest BCUT2D eigenvalue weighted by atomic mass is 10.1. The van der Waals surface area contributed by atoms with Crippen molar-refractivity contribution >= 4 is 17.6 Å². The van der Waals surface area contributed by atoms with E-state index in [0.29, 0.717) is 5.56 Å². The quantitative estimate of drug-likeness (QED) is 0.294. The van der Waals surface area contributed by atoms with Crippen LogP contribution in [0.25, 0.3) is 0 Å². The molecule has 3 rings (SSSR count). The van der Waals surface area contributed by atoms with Gasteiger partial charge in [0.2, 0.25) is 5.75 Å². The van der Waals surface area contributed by atoms with Gasteiger partial charge in [0.15, 0.2) is 5.75 Å². The van der Waals surface area contributed by atoms with Gasteiger partial charge in [0, 0.05) is 11.6 Å². The molecule has 160 valence electrons. The van der Waals surface area contributed by atoms with E-state index in [1.54, 1.807) is 6.07 Å². The molecule has 0 radical (unpaired) electrons. The summed E-state index contributed by atoms with van der Waals surface area (Å²) in [4.78, 5) is 11.2. The molecule has 0 unspecified atom stereocenters. The SMILES string of the molecule is COc1cc(/C=N/Nc2ccc(C)cc2)cc([N+](=O)[O-])c1OCc1cc(C)ccc1C. The molecule has 1 N–H and O–H groups in total.